The molecule has 2 aromatic heterocycles. The largest absolute Gasteiger partial charge is 0.355 e. The van der Waals surface area contributed by atoms with Gasteiger partial charge in [-0.1, -0.05) is 12.1 Å². The average molecular weight is 254 g/mol. The first-order chi connectivity index (χ1) is 9.43. The van der Waals surface area contributed by atoms with E-state index < -0.39 is 0 Å². The highest BCUT2D eigenvalue weighted by molar-refractivity contribution is 5.42. The monoisotopic (exact) mass is 254 g/mol. The van der Waals surface area contributed by atoms with E-state index in [1.54, 1.807) is 0 Å². The van der Waals surface area contributed by atoms with Crippen LogP contribution in [0.3, 0.4) is 0 Å². The van der Waals surface area contributed by atoms with Crippen LogP contribution < -0.4 is 9.80 Å². The van der Waals surface area contributed by atoms with Gasteiger partial charge in [0.05, 0.1) is 0 Å². The van der Waals surface area contributed by atoms with Gasteiger partial charge in [-0.3, -0.25) is 0 Å². The maximum absolute atomic E-state index is 4.43. The van der Waals surface area contributed by atoms with Gasteiger partial charge in [-0.25, -0.2) is 9.97 Å². The second-order valence-electron chi connectivity index (χ2n) is 4.70. The molecule has 0 unspecified atom stereocenters. The molecule has 4 heteroatoms. The molecule has 0 amide bonds. The molecule has 0 bridgehead atoms. The molecule has 1 saturated heterocycles. The summed E-state index contributed by atoms with van der Waals surface area (Å²) >= 11 is 0. The quantitative estimate of drug-likeness (QED) is 0.822. The summed E-state index contributed by atoms with van der Waals surface area (Å²) < 4.78 is 0. The summed E-state index contributed by atoms with van der Waals surface area (Å²) in [5.74, 6) is 2.15. The van der Waals surface area contributed by atoms with Gasteiger partial charge in [0.1, 0.15) is 11.6 Å². The topological polar surface area (TPSA) is 32.3 Å². The average Bonchev–Trinajstić information content (AvgIpc) is 2.75. The molecular formula is C15H18N4. The summed E-state index contributed by atoms with van der Waals surface area (Å²) in [6, 6.07) is 12.2. The van der Waals surface area contributed by atoms with Crippen LogP contribution in [0.5, 0.6) is 0 Å². The fraction of sp³-hybridized carbons (Fsp3) is 0.333. The lowest BCUT2D eigenvalue weighted by Crippen LogP contribution is -2.31. The molecule has 0 spiro atoms. The van der Waals surface area contributed by atoms with Crippen molar-refractivity contribution in [1.29, 1.82) is 0 Å². The van der Waals surface area contributed by atoms with Crippen molar-refractivity contribution in [3.8, 4) is 0 Å². The van der Waals surface area contributed by atoms with Crippen molar-refractivity contribution in [2.75, 3.05) is 36.0 Å². The number of hydrogen-bond donors (Lipinski definition) is 0. The molecule has 0 atom stereocenters. The Balaban J connectivity index is 1.69. The third kappa shape index (κ3) is 2.84. The molecule has 0 N–H and O–H groups in total. The fourth-order valence-electron chi connectivity index (χ4n) is 2.46. The van der Waals surface area contributed by atoms with Crippen molar-refractivity contribution in [1.82, 2.24) is 9.97 Å². The van der Waals surface area contributed by atoms with Gasteiger partial charge in [0.15, 0.2) is 0 Å². The van der Waals surface area contributed by atoms with E-state index in [1.165, 1.54) is 0 Å². The smallest absolute Gasteiger partial charge is 0.128 e. The summed E-state index contributed by atoms with van der Waals surface area (Å²) in [4.78, 5) is 13.6. The first-order valence-electron chi connectivity index (χ1n) is 6.75. The van der Waals surface area contributed by atoms with Crippen molar-refractivity contribution in [3.63, 3.8) is 0 Å². The molecule has 4 nitrogen and oxygen atoms in total. The summed E-state index contributed by atoms with van der Waals surface area (Å²) in [6.07, 6.45) is 4.85. The second-order valence-corrected chi connectivity index (χ2v) is 4.70. The van der Waals surface area contributed by atoms with Crippen LogP contribution in [0, 0.1) is 0 Å². The van der Waals surface area contributed by atoms with Crippen molar-refractivity contribution in [2.45, 2.75) is 6.42 Å². The van der Waals surface area contributed by atoms with E-state index in [9.17, 15) is 0 Å². The van der Waals surface area contributed by atoms with Crippen LogP contribution in [0.25, 0.3) is 0 Å². The van der Waals surface area contributed by atoms with Crippen LogP contribution in [0.1, 0.15) is 6.42 Å². The van der Waals surface area contributed by atoms with Crippen LogP contribution in [0.2, 0.25) is 0 Å². The van der Waals surface area contributed by atoms with E-state index in [1.807, 2.05) is 36.7 Å². The van der Waals surface area contributed by atoms with Crippen LogP contribution in [-0.2, 0) is 0 Å². The number of hydrogen-bond acceptors (Lipinski definition) is 4. The van der Waals surface area contributed by atoms with Gasteiger partial charge in [0, 0.05) is 38.6 Å². The molecule has 1 aliphatic rings. The molecule has 1 fully saturated rings. The van der Waals surface area contributed by atoms with E-state index in [0.717, 1.165) is 44.2 Å². The van der Waals surface area contributed by atoms with Gasteiger partial charge in [-0.15, -0.1) is 0 Å². The summed E-state index contributed by atoms with van der Waals surface area (Å²) in [5.41, 5.74) is 0. The van der Waals surface area contributed by atoms with Crippen molar-refractivity contribution in [2.24, 2.45) is 0 Å². The molecular weight excluding hydrogens is 236 g/mol. The molecule has 3 rings (SSSR count). The predicted molar refractivity (Wildman–Crippen MR) is 77.5 cm³/mol. The zero-order valence-electron chi connectivity index (χ0n) is 10.9. The zero-order chi connectivity index (χ0) is 12.9. The maximum Gasteiger partial charge on any atom is 0.128 e. The Labute approximate surface area is 113 Å². The Hall–Kier alpha value is -2.10. The first-order valence-corrected chi connectivity index (χ1v) is 6.75. The lowest BCUT2D eigenvalue weighted by atomic mass is 10.3. The standard InChI is InChI=1S/C15H18N4/c1-3-8-16-14(6-1)18-10-5-11-19(13-12-18)15-7-2-4-9-17-15/h1-4,6-9H,5,10-13H2. The van der Waals surface area contributed by atoms with E-state index in [-0.39, 0.29) is 0 Å². The Morgan fingerprint density at radius 1 is 0.684 bits per heavy atom. The molecule has 19 heavy (non-hydrogen) atoms. The molecule has 0 saturated carbocycles. The molecule has 0 aromatic carbocycles. The third-order valence-electron chi connectivity index (χ3n) is 3.44. The Morgan fingerprint density at radius 2 is 1.21 bits per heavy atom. The highest BCUT2D eigenvalue weighted by Gasteiger charge is 2.16. The van der Waals surface area contributed by atoms with E-state index in [2.05, 4.69) is 31.9 Å². The van der Waals surface area contributed by atoms with Crippen LogP contribution in [0.15, 0.2) is 48.8 Å². The van der Waals surface area contributed by atoms with Crippen LogP contribution >= 0.6 is 0 Å². The zero-order valence-corrected chi connectivity index (χ0v) is 10.9. The van der Waals surface area contributed by atoms with Gasteiger partial charge in [-0.05, 0) is 30.7 Å². The van der Waals surface area contributed by atoms with Gasteiger partial charge in [-0.2, -0.15) is 0 Å². The molecule has 0 radical (unpaired) electrons. The minimum Gasteiger partial charge on any atom is -0.355 e. The number of aromatic nitrogens is 2. The van der Waals surface area contributed by atoms with E-state index in [0.29, 0.717) is 0 Å². The van der Waals surface area contributed by atoms with Crippen molar-refractivity contribution in [3.05, 3.63) is 48.8 Å². The van der Waals surface area contributed by atoms with Crippen LogP contribution in [-0.4, -0.2) is 36.1 Å². The van der Waals surface area contributed by atoms with E-state index in [4.69, 9.17) is 0 Å². The minimum absolute atomic E-state index is 0.994. The normalized spacial score (nSPS) is 16.2. The van der Waals surface area contributed by atoms with Gasteiger partial charge in [0.2, 0.25) is 0 Å². The summed E-state index contributed by atoms with van der Waals surface area (Å²) in [6.45, 7) is 4.10. The Bertz CT molecular complexity index is 453. The predicted octanol–water partition coefficient (Wildman–Crippen LogP) is 2.19. The van der Waals surface area contributed by atoms with Crippen molar-refractivity contribution < 1.29 is 0 Å². The van der Waals surface area contributed by atoms with Crippen molar-refractivity contribution >= 4 is 11.6 Å². The summed E-state index contributed by atoms with van der Waals surface area (Å²) in [7, 11) is 0. The molecule has 2 aromatic rings. The number of nitrogens with zero attached hydrogens (tertiary/aromatic N) is 4. The Morgan fingerprint density at radius 3 is 1.63 bits per heavy atom. The van der Waals surface area contributed by atoms with Crippen LogP contribution in [0.4, 0.5) is 11.6 Å². The highest BCUT2D eigenvalue weighted by atomic mass is 15.3. The van der Waals surface area contributed by atoms with E-state index >= 15 is 0 Å². The lowest BCUT2D eigenvalue weighted by Gasteiger charge is -2.23. The lowest BCUT2D eigenvalue weighted by molar-refractivity contribution is 0.794. The third-order valence-corrected chi connectivity index (χ3v) is 3.44. The summed E-state index contributed by atoms with van der Waals surface area (Å²) in [5, 5.41) is 0. The number of pyridine rings is 2. The number of rotatable bonds is 2. The minimum atomic E-state index is 0.994. The maximum atomic E-state index is 4.43. The molecule has 1 aliphatic heterocycles. The molecule has 0 aliphatic carbocycles. The molecule has 98 valence electrons. The SMILES string of the molecule is c1ccc(N2CCCN(c3ccccn3)CC2)nc1. The number of anilines is 2. The highest BCUT2D eigenvalue weighted by Crippen LogP contribution is 2.16. The van der Waals surface area contributed by atoms with Gasteiger partial charge < -0.3 is 9.80 Å². The Kier molecular flexibility index (Phi) is 3.58. The first kappa shape index (κ1) is 12.0. The van der Waals surface area contributed by atoms with Gasteiger partial charge >= 0.3 is 0 Å². The van der Waals surface area contributed by atoms with Gasteiger partial charge in [0.25, 0.3) is 0 Å². The second kappa shape index (κ2) is 5.69. The molecule has 3 heterocycles. The fourth-order valence-corrected chi connectivity index (χ4v) is 2.46.